The molecule has 12 unspecified atom stereocenters. The van der Waals surface area contributed by atoms with Crippen molar-refractivity contribution in [3.63, 3.8) is 0 Å². The van der Waals surface area contributed by atoms with Gasteiger partial charge in [0.2, 0.25) is 0 Å². The van der Waals surface area contributed by atoms with Gasteiger partial charge in [-0.2, -0.15) is 0 Å². The molecule has 0 aromatic heterocycles. The Kier molecular flexibility index (Phi) is 5.97. The first-order valence-corrected chi connectivity index (χ1v) is 12.7. The Bertz CT molecular complexity index is 701. The minimum atomic E-state index is -0.111. The van der Waals surface area contributed by atoms with Crippen molar-refractivity contribution >= 4 is 5.97 Å². The van der Waals surface area contributed by atoms with Crippen LogP contribution >= 0.6 is 0 Å². The standard InChI is InChI=1S/C24H36O8/c1-3-26-24(25)6-4-5-13-15(28-13)8-17-19(30-17)10-21-23(32-21)11-22-20(31-22)9-18-16(29-18)7-14-12(2)27-14/h12-23H,3-11H2,1-2H3. The summed E-state index contributed by atoms with van der Waals surface area (Å²) in [5.41, 5.74) is 0. The first-order chi connectivity index (χ1) is 15.6. The molecule has 0 bridgehead atoms. The lowest BCUT2D eigenvalue weighted by Crippen LogP contribution is -2.08. The van der Waals surface area contributed by atoms with Crippen LogP contribution in [0.25, 0.3) is 0 Å². The molecule has 6 heterocycles. The average Bonchev–Trinajstić information content (AvgIpc) is 3.55. The smallest absolute Gasteiger partial charge is 0.305 e. The van der Waals surface area contributed by atoms with Crippen LogP contribution in [-0.2, 0) is 38.0 Å². The lowest BCUT2D eigenvalue weighted by molar-refractivity contribution is -0.143. The van der Waals surface area contributed by atoms with Crippen LogP contribution < -0.4 is 0 Å². The SMILES string of the molecule is CCOC(=O)CCCC1OC1CC1OC1CC1OC1CC1OC1CC1OC1CC1OC1C. The van der Waals surface area contributed by atoms with Gasteiger partial charge in [-0.25, -0.2) is 0 Å². The topological polar surface area (TPSA) is 101 Å². The lowest BCUT2D eigenvalue weighted by Gasteiger charge is -1.99. The third-order valence-corrected chi connectivity index (χ3v) is 7.77. The highest BCUT2D eigenvalue weighted by Gasteiger charge is 2.55. The Hall–Kier alpha value is -0.770. The van der Waals surface area contributed by atoms with Crippen molar-refractivity contribution in [1.29, 1.82) is 0 Å². The Morgan fingerprint density at radius 2 is 1.00 bits per heavy atom. The van der Waals surface area contributed by atoms with Gasteiger partial charge < -0.3 is 33.2 Å². The molecule has 0 spiro atoms. The Balaban J connectivity index is 0.784. The minimum Gasteiger partial charge on any atom is -0.466 e. The van der Waals surface area contributed by atoms with Crippen molar-refractivity contribution in [2.75, 3.05) is 6.61 Å². The van der Waals surface area contributed by atoms with Crippen molar-refractivity contribution in [1.82, 2.24) is 0 Å². The summed E-state index contributed by atoms with van der Waals surface area (Å²) in [5.74, 6) is -0.111. The maximum Gasteiger partial charge on any atom is 0.305 e. The lowest BCUT2D eigenvalue weighted by atomic mass is 10.0. The van der Waals surface area contributed by atoms with Gasteiger partial charge in [0.1, 0.15) is 0 Å². The van der Waals surface area contributed by atoms with Gasteiger partial charge in [-0.15, -0.1) is 0 Å². The van der Waals surface area contributed by atoms with Crippen LogP contribution in [0.4, 0.5) is 0 Å². The zero-order valence-electron chi connectivity index (χ0n) is 19.1. The normalized spacial score (nSPS) is 49.4. The molecule has 8 heteroatoms. The van der Waals surface area contributed by atoms with E-state index in [1.807, 2.05) is 6.92 Å². The number of carbonyl (C=O) groups excluding carboxylic acids is 1. The molecule has 0 radical (unpaired) electrons. The first kappa shape index (κ1) is 21.7. The highest BCUT2D eigenvalue weighted by atomic mass is 16.6. The summed E-state index contributed by atoms with van der Waals surface area (Å²) in [6.07, 6.45) is 11.4. The van der Waals surface area contributed by atoms with Crippen LogP contribution in [0.1, 0.15) is 65.2 Å². The van der Waals surface area contributed by atoms with E-state index in [4.69, 9.17) is 33.2 Å². The number of rotatable bonds is 15. The highest BCUT2D eigenvalue weighted by Crippen LogP contribution is 2.45. The van der Waals surface area contributed by atoms with E-state index in [2.05, 4.69) is 6.92 Å². The summed E-state index contributed by atoms with van der Waals surface area (Å²) in [6, 6.07) is 0. The molecule has 0 aromatic rings. The third kappa shape index (κ3) is 5.65. The van der Waals surface area contributed by atoms with E-state index >= 15 is 0 Å². The summed E-state index contributed by atoms with van der Waals surface area (Å²) in [7, 11) is 0. The second-order valence-electron chi connectivity index (χ2n) is 10.3. The minimum absolute atomic E-state index is 0.111. The summed E-state index contributed by atoms with van der Waals surface area (Å²) in [6.45, 7) is 4.41. The molecule has 12 atom stereocenters. The van der Waals surface area contributed by atoms with E-state index in [1.165, 1.54) is 0 Å². The summed E-state index contributed by atoms with van der Waals surface area (Å²) in [5, 5.41) is 0. The molecule has 6 saturated heterocycles. The third-order valence-electron chi connectivity index (χ3n) is 7.77. The predicted molar refractivity (Wildman–Crippen MR) is 111 cm³/mol. The van der Waals surface area contributed by atoms with Crippen molar-refractivity contribution < 1.29 is 38.0 Å². The van der Waals surface area contributed by atoms with E-state index in [0.717, 1.165) is 44.9 Å². The van der Waals surface area contributed by atoms with Gasteiger partial charge in [0.15, 0.2) is 0 Å². The number of hydrogen-bond donors (Lipinski definition) is 0. The average molecular weight is 453 g/mol. The second kappa shape index (κ2) is 8.78. The summed E-state index contributed by atoms with van der Waals surface area (Å²) >= 11 is 0. The Labute approximate surface area is 189 Å². The summed E-state index contributed by atoms with van der Waals surface area (Å²) in [4.78, 5) is 11.4. The van der Waals surface area contributed by atoms with Crippen LogP contribution in [-0.4, -0.2) is 85.8 Å². The molecule has 8 nitrogen and oxygen atoms in total. The number of epoxide rings is 6. The monoisotopic (exact) mass is 452 g/mol. The second-order valence-corrected chi connectivity index (χ2v) is 10.3. The predicted octanol–water partition coefficient (Wildman–Crippen LogP) is 2.29. The fourth-order valence-electron chi connectivity index (χ4n) is 5.32. The largest absolute Gasteiger partial charge is 0.466 e. The van der Waals surface area contributed by atoms with Gasteiger partial charge in [-0.3, -0.25) is 4.79 Å². The number of carbonyl (C=O) groups is 1. The molecule has 0 aromatic carbocycles. The fourth-order valence-corrected chi connectivity index (χ4v) is 5.32. The van der Waals surface area contributed by atoms with Crippen molar-refractivity contribution in [3.05, 3.63) is 0 Å². The van der Waals surface area contributed by atoms with Crippen LogP contribution in [0.5, 0.6) is 0 Å². The molecule has 6 aliphatic rings. The number of ether oxygens (including phenoxy) is 7. The maximum absolute atomic E-state index is 11.4. The Morgan fingerprint density at radius 1 is 0.625 bits per heavy atom. The van der Waals surface area contributed by atoms with Crippen LogP contribution in [0, 0.1) is 0 Å². The van der Waals surface area contributed by atoms with Crippen molar-refractivity contribution in [2.45, 2.75) is 138 Å². The zero-order chi connectivity index (χ0) is 21.8. The number of esters is 1. The maximum atomic E-state index is 11.4. The Morgan fingerprint density at radius 3 is 1.41 bits per heavy atom. The van der Waals surface area contributed by atoms with E-state index in [9.17, 15) is 4.79 Å². The molecule has 0 saturated carbocycles. The van der Waals surface area contributed by atoms with Crippen LogP contribution in [0.2, 0.25) is 0 Å². The zero-order valence-corrected chi connectivity index (χ0v) is 19.1. The summed E-state index contributed by atoms with van der Waals surface area (Å²) < 4.78 is 39.6. The molecular weight excluding hydrogens is 416 g/mol. The van der Waals surface area contributed by atoms with Gasteiger partial charge in [0, 0.05) is 38.5 Å². The molecule has 6 fully saturated rings. The first-order valence-electron chi connectivity index (χ1n) is 12.7. The highest BCUT2D eigenvalue weighted by molar-refractivity contribution is 5.69. The molecule has 0 aliphatic carbocycles. The molecule has 6 aliphatic heterocycles. The van der Waals surface area contributed by atoms with Crippen LogP contribution in [0.3, 0.4) is 0 Å². The van der Waals surface area contributed by atoms with Gasteiger partial charge >= 0.3 is 5.97 Å². The van der Waals surface area contributed by atoms with Crippen molar-refractivity contribution in [2.24, 2.45) is 0 Å². The molecule has 32 heavy (non-hydrogen) atoms. The molecule has 0 N–H and O–H groups in total. The molecule has 0 amide bonds. The quantitative estimate of drug-likeness (QED) is 0.276. The van der Waals surface area contributed by atoms with Gasteiger partial charge in [0.25, 0.3) is 0 Å². The fraction of sp³-hybridized carbons (Fsp3) is 0.958. The van der Waals surface area contributed by atoms with Gasteiger partial charge in [-0.1, -0.05) is 0 Å². The number of hydrogen-bond acceptors (Lipinski definition) is 8. The van der Waals surface area contributed by atoms with E-state index in [-0.39, 0.29) is 5.97 Å². The van der Waals surface area contributed by atoms with Gasteiger partial charge in [0.05, 0.1) is 79.9 Å². The van der Waals surface area contributed by atoms with Crippen molar-refractivity contribution in [3.8, 4) is 0 Å². The molecule has 6 rings (SSSR count). The van der Waals surface area contributed by atoms with E-state index in [0.29, 0.717) is 86.3 Å². The molecule has 180 valence electrons. The van der Waals surface area contributed by atoms with E-state index in [1.54, 1.807) is 0 Å². The van der Waals surface area contributed by atoms with Gasteiger partial charge in [-0.05, 0) is 26.7 Å². The molecular formula is C24H36O8. The van der Waals surface area contributed by atoms with E-state index < -0.39 is 0 Å². The van der Waals surface area contributed by atoms with Crippen LogP contribution in [0.15, 0.2) is 0 Å².